The van der Waals surface area contributed by atoms with Crippen LogP contribution in [0.3, 0.4) is 0 Å². The first-order chi connectivity index (χ1) is 13.1. The van der Waals surface area contributed by atoms with Gasteiger partial charge in [-0.05, 0) is 32.3 Å². The summed E-state index contributed by atoms with van der Waals surface area (Å²) in [7, 11) is 1.72. The topological polar surface area (TPSA) is 95.2 Å². The molecule has 0 aliphatic carbocycles. The van der Waals surface area contributed by atoms with Gasteiger partial charge < -0.3 is 14.6 Å². The highest BCUT2D eigenvalue weighted by molar-refractivity contribution is 6.01. The molecule has 0 bridgehead atoms. The number of aromatic nitrogens is 4. The number of fused-ring (bicyclic) bond motifs is 1. The molecular weight excluding hydrogens is 342 g/mol. The molecule has 2 N–H and O–H groups in total. The van der Waals surface area contributed by atoms with Crippen molar-refractivity contribution in [2.24, 2.45) is 4.99 Å². The van der Waals surface area contributed by atoms with Gasteiger partial charge in [-0.25, -0.2) is 9.98 Å². The number of hydrogen-bond acceptors (Lipinski definition) is 4. The van der Waals surface area contributed by atoms with Crippen LogP contribution in [0.5, 0.6) is 0 Å². The molecule has 2 aromatic heterocycles. The average molecular weight is 371 g/mol. The summed E-state index contributed by atoms with van der Waals surface area (Å²) in [6, 6.07) is 0. The zero-order chi connectivity index (χ0) is 19.4. The largest absolute Gasteiger partial charge is 0.385 e. The van der Waals surface area contributed by atoms with Crippen molar-refractivity contribution in [1.82, 2.24) is 24.6 Å². The number of imidazole rings is 1. The Balaban J connectivity index is 1.93. The number of ether oxygens (including phenoxy) is 1. The molecule has 1 aliphatic heterocycles. The maximum absolute atomic E-state index is 7.58. The molecule has 2 aromatic rings. The normalized spacial score (nSPS) is 15.7. The number of methoxy groups -OCH3 is 1. The average Bonchev–Trinajstić information content (AvgIpc) is 3.26. The molecule has 146 valence electrons. The van der Waals surface area contributed by atoms with E-state index in [9.17, 15) is 0 Å². The number of aryl methyl sites for hydroxylation is 2. The monoisotopic (exact) mass is 371 g/mol. The van der Waals surface area contributed by atoms with Crippen LogP contribution in [-0.2, 0) is 24.2 Å². The van der Waals surface area contributed by atoms with Gasteiger partial charge in [0.15, 0.2) is 5.84 Å². The lowest BCUT2D eigenvalue weighted by atomic mass is 10.0. The fraction of sp³-hybridized carbons (Fsp3) is 0.579. The second kappa shape index (κ2) is 8.47. The van der Waals surface area contributed by atoms with Gasteiger partial charge in [0.1, 0.15) is 17.9 Å². The lowest BCUT2D eigenvalue weighted by Crippen LogP contribution is -2.38. The second-order valence-electron chi connectivity index (χ2n) is 6.95. The van der Waals surface area contributed by atoms with E-state index in [1.54, 1.807) is 7.11 Å². The smallest absolute Gasteiger partial charge is 0.158 e. The SMILES string of the molecule is CCn1ncc2c1CN(C(=NC=N)c1nc(C)[nH]c1C(C)CCOC)CC2. The maximum Gasteiger partial charge on any atom is 0.158 e. The Bertz CT molecular complexity index is 807. The van der Waals surface area contributed by atoms with E-state index in [1.165, 1.54) is 11.3 Å². The highest BCUT2D eigenvalue weighted by atomic mass is 16.5. The third-order valence-corrected chi connectivity index (χ3v) is 5.12. The van der Waals surface area contributed by atoms with Gasteiger partial charge in [-0.2, -0.15) is 5.10 Å². The van der Waals surface area contributed by atoms with Gasteiger partial charge in [0.2, 0.25) is 0 Å². The molecule has 0 saturated carbocycles. The summed E-state index contributed by atoms with van der Waals surface area (Å²) in [6.45, 7) is 9.34. The first-order valence-corrected chi connectivity index (χ1v) is 9.50. The summed E-state index contributed by atoms with van der Waals surface area (Å²) in [6.07, 6.45) is 4.90. The third-order valence-electron chi connectivity index (χ3n) is 5.12. The van der Waals surface area contributed by atoms with Crippen molar-refractivity contribution in [3.63, 3.8) is 0 Å². The van der Waals surface area contributed by atoms with Gasteiger partial charge >= 0.3 is 0 Å². The van der Waals surface area contributed by atoms with Crippen molar-refractivity contribution in [2.45, 2.75) is 52.6 Å². The van der Waals surface area contributed by atoms with Crippen molar-refractivity contribution >= 4 is 12.2 Å². The zero-order valence-corrected chi connectivity index (χ0v) is 16.6. The van der Waals surface area contributed by atoms with Gasteiger partial charge in [-0.3, -0.25) is 10.1 Å². The Kier molecular flexibility index (Phi) is 6.05. The Morgan fingerprint density at radius 3 is 3.04 bits per heavy atom. The molecule has 1 aliphatic rings. The minimum absolute atomic E-state index is 0.263. The zero-order valence-electron chi connectivity index (χ0n) is 16.6. The standard InChI is InChI=1S/C19H29N7O/c1-5-26-16-11-25(8-6-15(16)10-22-26)19(21-12-20)18-17(23-14(3)24-18)13(2)7-9-27-4/h10,12-13,20H,5-9,11H2,1-4H3,(H,23,24). The van der Waals surface area contributed by atoms with Crippen molar-refractivity contribution in [1.29, 1.82) is 5.41 Å². The first-order valence-electron chi connectivity index (χ1n) is 9.50. The highest BCUT2D eigenvalue weighted by Gasteiger charge is 2.27. The molecule has 0 amide bonds. The van der Waals surface area contributed by atoms with Crippen molar-refractivity contribution in [3.05, 3.63) is 34.7 Å². The van der Waals surface area contributed by atoms with Gasteiger partial charge in [-0.15, -0.1) is 0 Å². The molecule has 0 radical (unpaired) electrons. The van der Waals surface area contributed by atoms with Gasteiger partial charge in [0.05, 0.1) is 18.4 Å². The molecule has 1 unspecified atom stereocenters. The van der Waals surface area contributed by atoms with Crippen LogP contribution >= 0.6 is 0 Å². The maximum atomic E-state index is 7.58. The van der Waals surface area contributed by atoms with E-state index in [4.69, 9.17) is 15.1 Å². The summed E-state index contributed by atoms with van der Waals surface area (Å²) in [5.41, 5.74) is 4.42. The fourth-order valence-electron chi connectivity index (χ4n) is 3.64. The molecule has 0 aromatic carbocycles. The van der Waals surface area contributed by atoms with E-state index in [1.807, 2.05) is 17.8 Å². The summed E-state index contributed by atoms with van der Waals surface area (Å²) in [5, 5.41) is 12.1. The minimum Gasteiger partial charge on any atom is -0.385 e. The lowest BCUT2D eigenvalue weighted by molar-refractivity contribution is 0.189. The summed E-state index contributed by atoms with van der Waals surface area (Å²) in [5.74, 6) is 1.87. The molecule has 8 nitrogen and oxygen atoms in total. The van der Waals surface area contributed by atoms with Crippen molar-refractivity contribution in [2.75, 3.05) is 20.3 Å². The Morgan fingerprint density at radius 2 is 2.33 bits per heavy atom. The van der Waals surface area contributed by atoms with Crippen LogP contribution in [0.1, 0.15) is 54.7 Å². The summed E-state index contributed by atoms with van der Waals surface area (Å²) < 4.78 is 7.28. The number of amidine groups is 1. The number of H-pyrrole nitrogens is 1. The highest BCUT2D eigenvalue weighted by Crippen LogP contribution is 2.26. The third kappa shape index (κ3) is 3.95. The number of hydrogen-bond donors (Lipinski definition) is 2. The van der Waals surface area contributed by atoms with Crippen LogP contribution in [0.2, 0.25) is 0 Å². The van der Waals surface area contributed by atoms with Crippen molar-refractivity contribution in [3.8, 4) is 0 Å². The van der Waals surface area contributed by atoms with E-state index in [0.29, 0.717) is 6.61 Å². The lowest BCUT2D eigenvalue weighted by Gasteiger charge is -2.30. The first kappa shape index (κ1) is 19.3. The van der Waals surface area contributed by atoms with Gasteiger partial charge in [0.25, 0.3) is 0 Å². The minimum atomic E-state index is 0.263. The fourth-order valence-corrected chi connectivity index (χ4v) is 3.64. The van der Waals surface area contributed by atoms with E-state index in [-0.39, 0.29) is 5.92 Å². The predicted octanol–water partition coefficient (Wildman–Crippen LogP) is 2.49. The Morgan fingerprint density at radius 1 is 1.52 bits per heavy atom. The molecular formula is C19H29N7O. The number of nitrogens with zero attached hydrogens (tertiary/aromatic N) is 5. The Labute approximate surface area is 160 Å². The van der Waals surface area contributed by atoms with Crippen molar-refractivity contribution < 1.29 is 4.74 Å². The summed E-state index contributed by atoms with van der Waals surface area (Å²) in [4.78, 5) is 14.7. The van der Waals surface area contributed by atoms with Gasteiger partial charge in [0, 0.05) is 38.4 Å². The molecule has 0 fully saturated rings. The number of nitrogens with one attached hydrogen (secondary N) is 2. The molecule has 3 rings (SSSR count). The summed E-state index contributed by atoms with van der Waals surface area (Å²) >= 11 is 0. The molecule has 8 heteroatoms. The second-order valence-corrected chi connectivity index (χ2v) is 6.95. The van der Waals surface area contributed by atoms with E-state index < -0.39 is 0 Å². The van der Waals surface area contributed by atoms with Gasteiger partial charge in [-0.1, -0.05) is 6.92 Å². The van der Waals surface area contributed by atoms with Crippen LogP contribution in [-0.4, -0.2) is 57.1 Å². The van der Waals surface area contributed by atoms with Crippen LogP contribution in [0.15, 0.2) is 11.2 Å². The number of aliphatic imine (C=N–C) groups is 1. The molecule has 3 heterocycles. The molecule has 0 spiro atoms. The van der Waals surface area contributed by atoms with Crippen LogP contribution < -0.4 is 0 Å². The molecule has 27 heavy (non-hydrogen) atoms. The van der Waals surface area contributed by atoms with Crippen LogP contribution in [0, 0.1) is 12.3 Å². The molecule has 0 saturated heterocycles. The van der Waals surface area contributed by atoms with E-state index in [0.717, 1.165) is 61.9 Å². The van der Waals surface area contributed by atoms with E-state index in [2.05, 4.69) is 33.8 Å². The molecule has 1 atom stereocenters. The number of aromatic amines is 1. The Hall–Kier alpha value is -2.48. The predicted molar refractivity (Wildman–Crippen MR) is 106 cm³/mol. The van der Waals surface area contributed by atoms with Crippen LogP contribution in [0.25, 0.3) is 0 Å². The van der Waals surface area contributed by atoms with E-state index >= 15 is 0 Å². The number of rotatable bonds is 7. The quantitative estimate of drug-likeness (QED) is 0.577. The van der Waals surface area contributed by atoms with Crippen LogP contribution in [0.4, 0.5) is 0 Å².